The summed E-state index contributed by atoms with van der Waals surface area (Å²) in [5.74, 6) is -0.224. The van der Waals surface area contributed by atoms with E-state index in [2.05, 4.69) is 21.2 Å². The lowest BCUT2D eigenvalue weighted by Gasteiger charge is -2.14. The van der Waals surface area contributed by atoms with Gasteiger partial charge in [0.25, 0.3) is 0 Å². The molecule has 1 unspecified atom stereocenters. The Morgan fingerprint density at radius 1 is 1.26 bits per heavy atom. The molecular weight excluding hydrogens is 329 g/mol. The number of anilines is 1. The molecule has 1 N–H and O–H groups in total. The highest BCUT2D eigenvalue weighted by atomic mass is 79.9. The van der Waals surface area contributed by atoms with Gasteiger partial charge in [-0.3, -0.25) is 0 Å². The number of halogens is 3. The normalized spacial score (nSPS) is 12.2. The summed E-state index contributed by atoms with van der Waals surface area (Å²) in [6.07, 6.45) is 0. The maximum absolute atomic E-state index is 13.7. The Morgan fingerprint density at radius 2 is 2.00 bits per heavy atom. The number of nitrogens with one attached hydrogen (secondary N) is 1. The van der Waals surface area contributed by atoms with Gasteiger partial charge in [-0.2, -0.15) is 0 Å². The largest absolute Gasteiger partial charge is 0.381 e. The molecular formula is C15H14BrClFN. The first-order valence-corrected chi connectivity index (χ1v) is 7.21. The molecule has 19 heavy (non-hydrogen) atoms. The van der Waals surface area contributed by atoms with E-state index in [0.717, 1.165) is 15.7 Å². The number of benzene rings is 2. The molecule has 4 heteroatoms. The van der Waals surface area contributed by atoms with Gasteiger partial charge in [0.05, 0.1) is 5.38 Å². The Bertz CT molecular complexity index is 572. The van der Waals surface area contributed by atoms with Gasteiger partial charge in [-0.25, -0.2) is 4.39 Å². The fourth-order valence-electron chi connectivity index (χ4n) is 1.86. The average Bonchev–Trinajstić information content (AvgIpc) is 2.38. The number of alkyl halides is 1. The number of hydrogen-bond acceptors (Lipinski definition) is 1. The van der Waals surface area contributed by atoms with Crippen LogP contribution in [-0.4, -0.2) is 0 Å². The predicted octanol–water partition coefficient (Wildman–Crippen LogP) is 5.50. The summed E-state index contributed by atoms with van der Waals surface area (Å²) >= 11 is 9.37. The van der Waals surface area contributed by atoms with E-state index in [9.17, 15) is 4.39 Å². The van der Waals surface area contributed by atoms with Crippen molar-refractivity contribution in [3.05, 3.63) is 63.9 Å². The van der Waals surface area contributed by atoms with Gasteiger partial charge in [0.2, 0.25) is 0 Å². The van der Waals surface area contributed by atoms with E-state index in [0.29, 0.717) is 12.1 Å². The van der Waals surface area contributed by atoms with Crippen LogP contribution in [0.15, 0.2) is 46.9 Å². The van der Waals surface area contributed by atoms with Gasteiger partial charge < -0.3 is 5.32 Å². The Balaban J connectivity index is 2.14. The van der Waals surface area contributed by atoms with Crippen LogP contribution in [0.2, 0.25) is 0 Å². The second kappa shape index (κ2) is 6.40. The van der Waals surface area contributed by atoms with Crippen molar-refractivity contribution in [2.24, 2.45) is 0 Å². The van der Waals surface area contributed by atoms with Gasteiger partial charge in [-0.05, 0) is 30.7 Å². The minimum Gasteiger partial charge on any atom is -0.381 e. The number of rotatable bonds is 4. The van der Waals surface area contributed by atoms with Crippen molar-refractivity contribution >= 4 is 33.2 Å². The molecule has 0 bridgehead atoms. The first kappa shape index (κ1) is 14.4. The minimum atomic E-state index is -0.224. The molecule has 2 rings (SSSR count). The van der Waals surface area contributed by atoms with Crippen molar-refractivity contribution in [3.8, 4) is 0 Å². The first-order chi connectivity index (χ1) is 9.08. The summed E-state index contributed by atoms with van der Waals surface area (Å²) in [4.78, 5) is 0. The Labute approximate surface area is 125 Å². The van der Waals surface area contributed by atoms with Crippen LogP contribution in [0.3, 0.4) is 0 Å². The monoisotopic (exact) mass is 341 g/mol. The maximum atomic E-state index is 13.7. The van der Waals surface area contributed by atoms with Crippen LogP contribution in [0, 0.1) is 5.82 Å². The summed E-state index contributed by atoms with van der Waals surface area (Å²) in [7, 11) is 0. The highest BCUT2D eigenvalue weighted by Crippen LogP contribution is 2.27. The SMILES string of the molecule is CC(Cl)c1ccccc1NCc1ccc(Br)cc1F. The Kier molecular flexibility index (Phi) is 4.83. The Morgan fingerprint density at radius 3 is 2.68 bits per heavy atom. The zero-order chi connectivity index (χ0) is 13.8. The van der Waals surface area contributed by atoms with Crippen LogP contribution in [0.25, 0.3) is 0 Å². The van der Waals surface area contributed by atoms with E-state index >= 15 is 0 Å². The molecule has 0 heterocycles. The molecule has 1 nitrogen and oxygen atoms in total. The van der Waals surface area contributed by atoms with Crippen molar-refractivity contribution < 1.29 is 4.39 Å². The minimum absolute atomic E-state index is 0.0848. The molecule has 2 aromatic rings. The van der Waals surface area contributed by atoms with Crippen LogP contribution in [0.4, 0.5) is 10.1 Å². The van der Waals surface area contributed by atoms with Crippen molar-refractivity contribution in [2.45, 2.75) is 18.8 Å². The summed E-state index contributed by atoms with van der Waals surface area (Å²) in [6.45, 7) is 2.35. The highest BCUT2D eigenvalue weighted by molar-refractivity contribution is 9.10. The number of hydrogen-bond donors (Lipinski definition) is 1. The first-order valence-electron chi connectivity index (χ1n) is 5.98. The molecule has 2 aromatic carbocycles. The van der Waals surface area contributed by atoms with Crippen molar-refractivity contribution in [2.75, 3.05) is 5.32 Å². The number of para-hydroxylation sites is 1. The van der Waals surface area contributed by atoms with Gasteiger partial charge >= 0.3 is 0 Å². The third-order valence-corrected chi connectivity index (χ3v) is 3.60. The van der Waals surface area contributed by atoms with E-state index in [1.54, 1.807) is 6.07 Å². The van der Waals surface area contributed by atoms with Gasteiger partial charge in [-0.1, -0.05) is 40.2 Å². The molecule has 0 aromatic heterocycles. The fraction of sp³-hybridized carbons (Fsp3) is 0.200. The van der Waals surface area contributed by atoms with Gasteiger partial charge in [0, 0.05) is 22.3 Å². The second-order valence-electron chi connectivity index (χ2n) is 4.29. The third kappa shape index (κ3) is 3.71. The van der Waals surface area contributed by atoms with Crippen molar-refractivity contribution in [3.63, 3.8) is 0 Å². The van der Waals surface area contributed by atoms with E-state index in [1.165, 1.54) is 6.07 Å². The molecule has 0 aliphatic heterocycles. The van der Waals surface area contributed by atoms with Crippen LogP contribution in [-0.2, 0) is 6.54 Å². The summed E-state index contributed by atoms with van der Waals surface area (Å²) in [5, 5.41) is 3.15. The van der Waals surface area contributed by atoms with Crippen LogP contribution in [0.1, 0.15) is 23.4 Å². The van der Waals surface area contributed by atoms with Gasteiger partial charge in [0.15, 0.2) is 0 Å². The van der Waals surface area contributed by atoms with Crippen LogP contribution in [0.5, 0.6) is 0 Å². The van der Waals surface area contributed by atoms with E-state index < -0.39 is 0 Å². The lowest BCUT2D eigenvalue weighted by atomic mass is 10.1. The zero-order valence-electron chi connectivity index (χ0n) is 10.5. The molecule has 0 aliphatic carbocycles. The molecule has 0 fully saturated rings. The third-order valence-electron chi connectivity index (χ3n) is 2.87. The van der Waals surface area contributed by atoms with Crippen LogP contribution < -0.4 is 5.32 Å². The predicted molar refractivity (Wildman–Crippen MR) is 82.1 cm³/mol. The zero-order valence-corrected chi connectivity index (χ0v) is 12.8. The molecule has 0 amide bonds. The Hall–Kier alpha value is -1.06. The summed E-state index contributed by atoms with van der Waals surface area (Å²) in [6, 6.07) is 12.9. The van der Waals surface area contributed by atoms with Gasteiger partial charge in [0.1, 0.15) is 5.82 Å². The molecule has 0 spiro atoms. The quantitative estimate of drug-likeness (QED) is 0.723. The average molecular weight is 343 g/mol. The summed E-state index contributed by atoms with van der Waals surface area (Å²) < 4.78 is 14.5. The van der Waals surface area contributed by atoms with Crippen molar-refractivity contribution in [1.82, 2.24) is 0 Å². The fourth-order valence-corrected chi connectivity index (χ4v) is 2.38. The van der Waals surface area contributed by atoms with E-state index in [1.807, 2.05) is 37.3 Å². The van der Waals surface area contributed by atoms with Gasteiger partial charge in [-0.15, -0.1) is 11.6 Å². The molecule has 0 saturated carbocycles. The van der Waals surface area contributed by atoms with E-state index in [-0.39, 0.29) is 11.2 Å². The second-order valence-corrected chi connectivity index (χ2v) is 5.86. The maximum Gasteiger partial charge on any atom is 0.129 e. The lowest BCUT2D eigenvalue weighted by Crippen LogP contribution is -2.04. The highest BCUT2D eigenvalue weighted by Gasteiger charge is 2.08. The molecule has 1 atom stereocenters. The van der Waals surface area contributed by atoms with Crippen LogP contribution >= 0.6 is 27.5 Å². The molecule has 0 aliphatic rings. The van der Waals surface area contributed by atoms with E-state index in [4.69, 9.17) is 11.6 Å². The lowest BCUT2D eigenvalue weighted by molar-refractivity contribution is 0.612. The molecule has 0 saturated heterocycles. The summed E-state index contributed by atoms with van der Waals surface area (Å²) in [5.41, 5.74) is 2.58. The molecule has 100 valence electrons. The molecule has 0 radical (unpaired) electrons. The smallest absolute Gasteiger partial charge is 0.129 e. The topological polar surface area (TPSA) is 12.0 Å². The standard InChI is InChI=1S/C15H14BrClFN/c1-10(17)13-4-2-3-5-15(13)19-9-11-6-7-12(16)8-14(11)18/h2-8,10,19H,9H2,1H3. The van der Waals surface area contributed by atoms with Crippen molar-refractivity contribution in [1.29, 1.82) is 0 Å².